The minimum Gasteiger partial charge on any atom is -0.399 e. The molecule has 2 aromatic carbocycles. The van der Waals surface area contributed by atoms with Crippen molar-refractivity contribution in [2.45, 2.75) is 11.8 Å². The molecule has 100 valence electrons. The molecular formula is C13H13BrN2O2S. The average Bonchev–Trinajstić information content (AvgIpc) is 2.31. The van der Waals surface area contributed by atoms with E-state index in [2.05, 4.69) is 20.7 Å². The van der Waals surface area contributed by atoms with Crippen LogP contribution in [0.3, 0.4) is 0 Å². The monoisotopic (exact) mass is 340 g/mol. The number of aryl methyl sites for hydroxylation is 1. The molecule has 0 aliphatic carbocycles. The quantitative estimate of drug-likeness (QED) is 0.843. The molecule has 0 fully saturated rings. The van der Waals surface area contributed by atoms with Crippen molar-refractivity contribution < 1.29 is 8.42 Å². The Balaban J connectivity index is 2.41. The minimum absolute atomic E-state index is 0.153. The average molecular weight is 341 g/mol. The number of anilines is 2. The molecular weight excluding hydrogens is 328 g/mol. The fourth-order valence-electron chi connectivity index (χ4n) is 1.68. The van der Waals surface area contributed by atoms with Crippen LogP contribution in [0.1, 0.15) is 5.56 Å². The summed E-state index contributed by atoms with van der Waals surface area (Å²) < 4.78 is 27.7. The molecule has 0 radical (unpaired) electrons. The van der Waals surface area contributed by atoms with Crippen molar-refractivity contribution in [3.8, 4) is 0 Å². The SMILES string of the molecule is Cc1cc(N)cc(S(=O)(=O)Nc2ccccc2Br)c1. The lowest BCUT2D eigenvalue weighted by Gasteiger charge is -2.10. The maximum absolute atomic E-state index is 12.3. The molecule has 0 atom stereocenters. The Hall–Kier alpha value is -1.53. The van der Waals surface area contributed by atoms with Gasteiger partial charge in [0.25, 0.3) is 10.0 Å². The highest BCUT2D eigenvalue weighted by Gasteiger charge is 2.16. The van der Waals surface area contributed by atoms with Gasteiger partial charge in [0.1, 0.15) is 0 Å². The fraction of sp³-hybridized carbons (Fsp3) is 0.0769. The highest BCUT2D eigenvalue weighted by Crippen LogP contribution is 2.25. The first-order valence-corrected chi connectivity index (χ1v) is 7.80. The van der Waals surface area contributed by atoms with Crippen molar-refractivity contribution in [2.24, 2.45) is 0 Å². The highest BCUT2D eigenvalue weighted by atomic mass is 79.9. The Labute approximate surface area is 120 Å². The van der Waals surface area contributed by atoms with Crippen LogP contribution in [0.15, 0.2) is 51.8 Å². The third kappa shape index (κ3) is 3.27. The van der Waals surface area contributed by atoms with Crippen LogP contribution in [-0.4, -0.2) is 8.42 Å². The summed E-state index contributed by atoms with van der Waals surface area (Å²) in [5.41, 5.74) is 7.39. The molecule has 19 heavy (non-hydrogen) atoms. The van der Waals surface area contributed by atoms with Crippen LogP contribution in [0.25, 0.3) is 0 Å². The Kier molecular flexibility index (Phi) is 3.82. The zero-order valence-electron chi connectivity index (χ0n) is 10.2. The van der Waals surface area contributed by atoms with E-state index in [1.165, 1.54) is 6.07 Å². The lowest BCUT2D eigenvalue weighted by Crippen LogP contribution is -2.13. The predicted molar refractivity (Wildman–Crippen MR) is 80.5 cm³/mol. The van der Waals surface area contributed by atoms with E-state index in [9.17, 15) is 8.42 Å². The predicted octanol–water partition coefficient (Wildman–Crippen LogP) is 3.14. The maximum Gasteiger partial charge on any atom is 0.262 e. The fourth-order valence-corrected chi connectivity index (χ4v) is 3.41. The largest absolute Gasteiger partial charge is 0.399 e. The highest BCUT2D eigenvalue weighted by molar-refractivity contribution is 9.10. The number of sulfonamides is 1. The van der Waals surface area contributed by atoms with Crippen molar-refractivity contribution in [3.63, 3.8) is 0 Å². The zero-order valence-corrected chi connectivity index (χ0v) is 12.6. The van der Waals surface area contributed by atoms with E-state index in [-0.39, 0.29) is 4.90 Å². The molecule has 0 spiro atoms. The van der Waals surface area contributed by atoms with Gasteiger partial charge in [0.2, 0.25) is 0 Å². The number of hydrogen-bond donors (Lipinski definition) is 2. The molecule has 0 aliphatic rings. The molecule has 0 saturated heterocycles. The summed E-state index contributed by atoms with van der Waals surface area (Å²) in [4.78, 5) is 0.153. The number of halogens is 1. The van der Waals surface area contributed by atoms with Crippen LogP contribution in [0.5, 0.6) is 0 Å². The first-order valence-electron chi connectivity index (χ1n) is 5.53. The van der Waals surface area contributed by atoms with Gasteiger partial charge in [-0.25, -0.2) is 8.42 Å². The summed E-state index contributed by atoms with van der Waals surface area (Å²) in [5, 5.41) is 0. The van der Waals surface area contributed by atoms with Crippen molar-refractivity contribution in [1.29, 1.82) is 0 Å². The van der Waals surface area contributed by atoms with E-state index in [0.29, 0.717) is 15.8 Å². The Morgan fingerprint density at radius 3 is 2.47 bits per heavy atom. The second kappa shape index (κ2) is 5.22. The van der Waals surface area contributed by atoms with Crippen LogP contribution in [-0.2, 0) is 10.0 Å². The van der Waals surface area contributed by atoms with Gasteiger partial charge >= 0.3 is 0 Å². The third-order valence-electron chi connectivity index (χ3n) is 2.50. The standard InChI is InChI=1S/C13H13BrN2O2S/c1-9-6-10(15)8-11(7-9)19(17,18)16-13-5-3-2-4-12(13)14/h2-8,16H,15H2,1H3. The number of benzene rings is 2. The van der Waals surface area contributed by atoms with Gasteiger partial charge in [-0.2, -0.15) is 0 Å². The molecule has 0 bridgehead atoms. The number of nitrogens with two attached hydrogens (primary N) is 1. The van der Waals surface area contributed by atoms with E-state index in [0.717, 1.165) is 5.56 Å². The van der Waals surface area contributed by atoms with Gasteiger partial charge in [-0.05, 0) is 58.7 Å². The number of nitrogens with one attached hydrogen (secondary N) is 1. The van der Waals surface area contributed by atoms with Gasteiger partial charge in [0.05, 0.1) is 10.6 Å². The maximum atomic E-state index is 12.3. The third-order valence-corrected chi connectivity index (χ3v) is 4.54. The zero-order chi connectivity index (χ0) is 14.0. The molecule has 6 heteroatoms. The summed E-state index contributed by atoms with van der Waals surface area (Å²) in [5.74, 6) is 0. The summed E-state index contributed by atoms with van der Waals surface area (Å²) >= 11 is 3.30. The van der Waals surface area contributed by atoms with E-state index < -0.39 is 10.0 Å². The molecule has 0 aromatic heterocycles. The van der Waals surface area contributed by atoms with Crippen LogP contribution >= 0.6 is 15.9 Å². The van der Waals surface area contributed by atoms with E-state index in [1.54, 1.807) is 37.3 Å². The molecule has 0 amide bonds. The van der Waals surface area contributed by atoms with Crippen molar-refractivity contribution in [1.82, 2.24) is 0 Å². The molecule has 0 saturated carbocycles. The molecule has 4 nitrogen and oxygen atoms in total. The van der Waals surface area contributed by atoms with Gasteiger partial charge in [-0.1, -0.05) is 12.1 Å². The van der Waals surface area contributed by atoms with Crippen molar-refractivity contribution >= 4 is 37.3 Å². The summed E-state index contributed by atoms with van der Waals surface area (Å²) in [6.45, 7) is 1.80. The van der Waals surface area contributed by atoms with E-state index >= 15 is 0 Å². The van der Waals surface area contributed by atoms with Gasteiger partial charge in [0, 0.05) is 10.2 Å². The van der Waals surface area contributed by atoms with Crippen LogP contribution in [0.2, 0.25) is 0 Å². The lowest BCUT2D eigenvalue weighted by molar-refractivity contribution is 0.601. The number of rotatable bonds is 3. The van der Waals surface area contributed by atoms with Crippen molar-refractivity contribution in [2.75, 3.05) is 10.5 Å². The summed E-state index contributed by atoms with van der Waals surface area (Å²) in [6, 6.07) is 11.8. The van der Waals surface area contributed by atoms with E-state index in [1.807, 2.05) is 6.07 Å². The van der Waals surface area contributed by atoms with Crippen LogP contribution in [0, 0.1) is 6.92 Å². The lowest BCUT2D eigenvalue weighted by atomic mass is 10.2. The molecule has 3 N–H and O–H groups in total. The van der Waals surface area contributed by atoms with Gasteiger partial charge in [-0.15, -0.1) is 0 Å². The second-order valence-electron chi connectivity index (χ2n) is 4.16. The summed E-state index contributed by atoms with van der Waals surface area (Å²) in [6.07, 6.45) is 0. The normalized spacial score (nSPS) is 11.3. The van der Waals surface area contributed by atoms with Gasteiger partial charge < -0.3 is 5.73 Å². The van der Waals surface area contributed by atoms with Crippen molar-refractivity contribution in [3.05, 3.63) is 52.5 Å². The first kappa shape index (κ1) is 13.9. The first-order chi connectivity index (χ1) is 8.88. The van der Waals surface area contributed by atoms with E-state index in [4.69, 9.17) is 5.73 Å². The molecule has 0 unspecified atom stereocenters. The molecule has 0 heterocycles. The Morgan fingerprint density at radius 1 is 1.16 bits per heavy atom. The summed E-state index contributed by atoms with van der Waals surface area (Å²) in [7, 11) is -3.64. The van der Waals surface area contributed by atoms with Gasteiger partial charge in [0.15, 0.2) is 0 Å². The number of para-hydroxylation sites is 1. The smallest absolute Gasteiger partial charge is 0.262 e. The molecule has 0 aliphatic heterocycles. The number of hydrogen-bond acceptors (Lipinski definition) is 3. The Bertz CT molecular complexity index is 694. The second-order valence-corrected chi connectivity index (χ2v) is 6.70. The van der Waals surface area contributed by atoms with Crippen LogP contribution in [0.4, 0.5) is 11.4 Å². The van der Waals surface area contributed by atoms with Crippen LogP contribution < -0.4 is 10.5 Å². The molecule has 2 rings (SSSR count). The number of nitrogen functional groups attached to an aromatic ring is 1. The Morgan fingerprint density at radius 2 is 1.84 bits per heavy atom. The topological polar surface area (TPSA) is 72.2 Å². The molecule has 2 aromatic rings. The minimum atomic E-state index is -3.64. The van der Waals surface area contributed by atoms with Gasteiger partial charge in [-0.3, -0.25) is 4.72 Å².